The van der Waals surface area contributed by atoms with Crippen LogP contribution in [0.2, 0.25) is 0 Å². The molecule has 0 aliphatic carbocycles. The second kappa shape index (κ2) is 16.0. The van der Waals surface area contributed by atoms with Crippen molar-refractivity contribution in [3.8, 4) is 11.5 Å². The number of halogens is 1. The van der Waals surface area contributed by atoms with E-state index in [1.807, 2.05) is 6.92 Å². The molecule has 6 atom stereocenters. The largest absolute Gasteiger partial charge is 0.506 e. The van der Waals surface area contributed by atoms with Gasteiger partial charge in [0.15, 0.2) is 6.10 Å². The number of anilines is 1. The maximum atomic E-state index is 13.0. The highest BCUT2D eigenvalue weighted by Gasteiger charge is 2.30. The number of rotatable bonds is 5. The number of allylic oxidation sites excluding steroid dienone is 2. The summed E-state index contributed by atoms with van der Waals surface area (Å²) in [6, 6.07) is 1.14. The van der Waals surface area contributed by atoms with Crippen molar-refractivity contribution in [1.82, 2.24) is 0 Å². The van der Waals surface area contributed by atoms with E-state index in [0.29, 0.717) is 12.0 Å². The van der Waals surface area contributed by atoms with E-state index in [1.165, 1.54) is 20.3 Å². The molecular weight excluding hydrogens is 549 g/mol. The number of hydrogen-bond donors (Lipinski definition) is 5. The molecule has 11 nitrogen and oxygen atoms in total. The predicted molar refractivity (Wildman–Crippen MR) is 158 cm³/mol. The Bertz CT molecular complexity index is 1230. The number of fused-ring (bicyclic) bond motifs is 2. The summed E-state index contributed by atoms with van der Waals surface area (Å²) in [5.74, 6) is -1.96. The fourth-order valence-corrected chi connectivity index (χ4v) is 4.86. The number of alkyl halides is 1. The molecule has 2 rings (SSSR count). The van der Waals surface area contributed by atoms with Gasteiger partial charge in [0.2, 0.25) is 0 Å². The van der Waals surface area contributed by atoms with Crippen molar-refractivity contribution in [3.05, 3.63) is 47.1 Å². The number of aliphatic hydroxyl groups excluding tert-OH is 1. The molecule has 0 radical (unpaired) electrons. The topological polar surface area (TPSA) is 173 Å². The number of aromatic hydroxyl groups is 2. The van der Waals surface area contributed by atoms with Crippen molar-refractivity contribution in [2.24, 2.45) is 22.6 Å². The fraction of sp³-hybridized carbons (Fsp3) is 0.500. The number of phenols is 2. The second-order valence-electron chi connectivity index (χ2n) is 10.4. The van der Waals surface area contributed by atoms with Crippen molar-refractivity contribution < 1.29 is 43.5 Å². The first kappa shape index (κ1) is 34.5. The number of aliphatic hydroxyl groups is 1. The number of nitrogens with two attached hydrogens (primary N) is 1. The summed E-state index contributed by atoms with van der Waals surface area (Å²) in [5.41, 5.74) is 6.26. The number of benzene rings is 1. The van der Waals surface area contributed by atoms with Gasteiger partial charge < -0.3 is 40.6 Å². The van der Waals surface area contributed by atoms with E-state index in [2.05, 4.69) is 10.3 Å². The van der Waals surface area contributed by atoms with Gasteiger partial charge >= 0.3 is 6.09 Å². The Kier molecular flexibility index (Phi) is 13.2. The molecule has 1 aromatic carbocycles. The van der Waals surface area contributed by atoms with Crippen LogP contribution in [0.5, 0.6) is 11.5 Å². The average Bonchev–Trinajstić information content (AvgIpc) is 2.94. The Morgan fingerprint density at radius 1 is 1.24 bits per heavy atom. The molecule has 0 aromatic heterocycles. The number of phenolic OH excluding ortho intramolecular Hbond substituents is 2. The normalized spacial score (nSPS) is 27.2. The Hall–Kier alpha value is -3.74. The summed E-state index contributed by atoms with van der Waals surface area (Å²) in [4.78, 5) is 28.7. The highest BCUT2D eigenvalue weighted by Crippen LogP contribution is 2.44. The number of nitrogens with zero attached hydrogens (tertiary/aromatic N) is 1. The summed E-state index contributed by atoms with van der Waals surface area (Å²) >= 11 is 0. The summed E-state index contributed by atoms with van der Waals surface area (Å²) in [5, 5.41) is 35.6. The van der Waals surface area contributed by atoms with Crippen molar-refractivity contribution in [1.29, 1.82) is 0 Å². The number of nitrogens with one attached hydrogen (secondary N) is 1. The minimum absolute atomic E-state index is 0.0244. The van der Waals surface area contributed by atoms with Gasteiger partial charge in [-0.1, -0.05) is 38.2 Å². The van der Waals surface area contributed by atoms with Crippen LogP contribution < -0.4 is 11.1 Å². The van der Waals surface area contributed by atoms with E-state index in [4.69, 9.17) is 19.9 Å². The molecule has 232 valence electrons. The Morgan fingerprint density at radius 2 is 1.93 bits per heavy atom. The van der Waals surface area contributed by atoms with Crippen LogP contribution in [0.1, 0.15) is 39.7 Å². The first-order valence-corrected chi connectivity index (χ1v) is 13.5. The van der Waals surface area contributed by atoms with Crippen molar-refractivity contribution in [2.75, 3.05) is 26.2 Å². The van der Waals surface area contributed by atoms with Gasteiger partial charge in [-0.25, -0.2) is 9.18 Å². The number of carbonyl (C=O) groups excluding carboxylic acids is 2. The molecule has 2 amide bonds. The zero-order chi connectivity index (χ0) is 31.6. The first-order chi connectivity index (χ1) is 19.8. The molecule has 1 aromatic rings. The number of carbonyl (C=O) groups is 2. The Morgan fingerprint density at radius 3 is 2.52 bits per heavy atom. The van der Waals surface area contributed by atoms with E-state index in [0.717, 1.165) is 12.3 Å². The summed E-state index contributed by atoms with van der Waals surface area (Å²) in [6.07, 6.45) is 3.44. The SMILES string of the molecule is COC1/C=C/C=C(C)C(=O)Nc2cc(O)c(N=CCF)c(c2O)CC(C)CC(OC)C(O)C(C)C=C(C)C1OC(N)=O. The number of methoxy groups -OCH3 is 2. The second-order valence-corrected chi connectivity index (χ2v) is 10.4. The van der Waals surface area contributed by atoms with Crippen LogP contribution in [-0.4, -0.2) is 78.8 Å². The van der Waals surface area contributed by atoms with E-state index >= 15 is 0 Å². The van der Waals surface area contributed by atoms with Crippen LogP contribution in [0.15, 0.2) is 46.5 Å². The van der Waals surface area contributed by atoms with Crippen molar-refractivity contribution in [2.45, 2.75) is 65.0 Å². The fourth-order valence-electron chi connectivity index (χ4n) is 4.86. The highest BCUT2D eigenvalue weighted by atomic mass is 19.1. The summed E-state index contributed by atoms with van der Waals surface area (Å²) in [7, 11) is 2.89. The molecule has 6 unspecified atom stereocenters. The highest BCUT2D eigenvalue weighted by molar-refractivity contribution is 6.04. The molecule has 0 fully saturated rings. The van der Waals surface area contributed by atoms with Gasteiger partial charge in [-0.05, 0) is 38.2 Å². The van der Waals surface area contributed by atoms with Gasteiger partial charge in [0.25, 0.3) is 5.91 Å². The lowest BCUT2D eigenvalue weighted by Crippen LogP contribution is -2.37. The molecule has 2 bridgehead atoms. The lowest BCUT2D eigenvalue weighted by atomic mass is 9.87. The van der Waals surface area contributed by atoms with Crippen LogP contribution in [-0.2, 0) is 25.4 Å². The van der Waals surface area contributed by atoms with Gasteiger partial charge in [-0.15, -0.1) is 0 Å². The lowest BCUT2D eigenvalue weighted by Gasteiger charge is -2.29. The van der Waals surface area contributed by atoms with Crippen LogP contribution >= 0.6 is 0 Å². The van der Waals surface area contributed by atoms with Gasteiger partial charge in [0, 0.05) is 43.6 Å². The van der Waals surface area contributed by atoms with Gasteiger partial charge in [0.1, 0.15) is 30.0 Å². The zero-order valence-corrected chi connectivity index (χ0v) is 24.8. The van der Waals surface area contributed by atoms with E-state index in [9.17, 15) is 29.3 Å². The third-order valence-electron chi connectivity index (χ3n) is 7.09. The molecule has 12 heteroatoms. The van der Waals surface area contributed by atoms with Crippen LogP contribution in [0.25, 0.3) is 0 Å². The number of ether oxygens (including phenoxy) is 3. The molecular formula is C30H42FN3O8. The number of hydrogen-bond acceptors (Lipinski definition) is 9. The van der Waals surface area contributed by atoms with E-state index < -0.39 is 49.0 Å². The first-order valence-electron chi connectivity index (χ1n) is 13.5. The van der Waals surface area contributed by atoms with Crippen molar-refractivity contribution >= 4 is 29.6 Å². The number of aliphatic imine (C=N–C) groups is 1. The molecule has 0 saturated heterocycles. The van der Waals surface area contributed by atoms with Crippen LogP contribution in [0.3, 0.4) is 0 Å². The molecule has 42 heavy (non-hydrogen) atoms. The summed E-state index contributed by atoms with van der Waals surface area (Å²) in [6.45, 7) is 6.02. The number of primary amides is 1. The van der Waals surface area contributed by atoms with Crippen LogP contribution in [0.4, 0.5) is 20.6 Å². The molecule has 0 spiro atoms. The Balaban J connectivity index is 2.69. The van der Waals surface area contributed by atoms with Crippen molar-refractivity contribution in [3.63, 3.8) is 0 Å². The molecule has 6 N–H and O–H groups in total. The van der Waals surface area contributed by atoms with Gasteiger partial charge in [-0.3, -0.25) is 9.79 Å². The quantitative estimate of drug-likeness (QED) is 0.146. The van der Waals surface area contributed by atoms with E-state index in [-0.39, 0.29) is 46.3 Å². The van der Waals surface area contributed by atoms with Gasteiger partial charge in [0.05, 0.1) is 17.9 Å². The molecule has 0 saturated carbocycles. The number of amides is 2. The predicted octanol–water partition coefficient (Wildman–Crippen LogP) is 4.23. The van der Waals surface area contributed by atoms with Gasteiger partial charge in [-0.2, -0.15) is 0 Å². The minimum atomic E-state index is -1.01. The lowest BCUT2D eigenvalue weighted by molar-refractivity contribution is -0.112. The molecule has 1 heterocycles. The standard InChI is InChI=1S/C30H42FN3O8/c1-16-12-20-25(33-11-10-31)22(35)15-21(27(20)37)34-29(38)17(2)8-7-9-23(40-5)28(42-30(32)39)19(4)14-18(3)26(36)24(13-16)41-6/h7-9,11,14-16,18,23-24,26,28,35-37H,10,12-13H2,1-6H3,(H2,32,39)(H,34,38)/b9-7+,17-8?,19-14?,33-11?. The third kappa shape index (κ3) is 9.13. The van der Waals surface area contributed by atoms with E-state index in [1.54, 1.807) is 39.0 Å². The summed E-state index contributed by atoms with van der Waals surface area (Å²) < 4.78 is 29.4. The molecule has 1 aliphatic heterocycles. The molecule has 1 aliphatic rings. The monoisotopic (exact) mass is 591 g/mol. The van der Waals surface area contributed by atoms with Crippen LogP contribution in [0, 0.1) is 11.8 Å². The average molecular weight is 592 g/mol. The zero-order valence-electron chi connectivity index (χ0n) is 24.8. The third-order valence-corrected chi connectivity index (χ3v) is 7.09. The Labute approximate surface area is 245 Å². The minimum Gasteiger partial charge on any atom is -0.506 e. The maximum Gasteiger partial charge on any atom is 0.405 e. The maximum absolute atomic E-state index is 13.0. The smallest absolute Gasteiger partial charge is 0.405 e.